The molecule has 1 aromatic carbocycles. The number of aryl methyl sites for hydroxylation is 1. The number of benzene rings is 1. The molecule has 3 nitrogen and oxygen atoms in total. The zero-order valence-electron chi connectivity index (χ0n) is 10.5. The molecule has 0 fully saturated rings. The normalized spacial score (nSPS) is 10.6. The number of aromatic nitrogens is 2. The van der Waals surface area contributed by atoms with E-state index >= 15 is 0 Å². The largest absolute Gasteiger partial charge is 0.289 e. The third-order valence-corrected chi connectivity index (χ3v) is 3.05. The molecule has 92 valence electrons. The van der Waals surface area contributed by atoms with E-state index in [1.165, 1.54) is 0 Å². The average molecular weight is 248 g/mol. The molecule has 3 heteroatoms. The summed E-state index contributed by atoms with van der Waals surface area (Å²) in [5.41, 5.74) is 3.00. The molecule has 0 aliphatic rings. The highest BCUT2D eigenvalue weighted by Crippen LogP contribution is 2.19. The Kier molecular flexibility index (Phi) is 2.80. The summed E-state index contributed by atoms with van der Waals surface area (Å²) in [6.45, 7) is 1.88. The van der Waals surface area contributed by atoms with Gasteiger partial charge in [-0.1, -0.05) is 18.2 Å². The van der Waals surface area contributed by atoms with Gasteiger partial charge < -0.3 is 0 Å². The lowest BCUT2D eigenvalue weighted by Gasteiger charge is -2.05. The third-order valence-electron chi connectivity index (χ3n) is 3.05. The maximum atomic E-state index is 12.6. The molecule has 0 bridgehead atoms. The summed E-state index contributed by atoms with van der Waals surface area (Å²) in [4.78, 5) is 20.9. The summed E-state index contributed by atoms with van der Waals surface area (Å²) in [7, 11) is 0. The Labute approximate surface area is 111 Å². The van der Waals surface area contributed by atoms with Crippen LogP contribution in [0.3, 0.4) is 0 Å². The minimum Gasteiger partial charge on any atom is -0.289 e. The van der Waals surface area contributed by atoms with E-state index in [4.69, 9.17) is 0 Å². The van der Waals surface area contributed by atoms with Crippen molar-refractivity contribution >= 4 is 16.7 Å². The molecule has 0 amide bonds. The maximum Gasteiger partial charge on any atom is 0.193 e. The van der Waals surface area contributed by atoms with Crippen molar-refractivity contribution in [2.75, 3.05) is 0 Å². The van der Waals surface area contributed by atoms with Crippen LogP contribution in [0, 0.1) is 6.92 Å². The Hall–Kier alpha value is -2.55. The van der Waals surface area contributed by atoms with E-state index in [-0.39, 0.29) is 5.78 Å². The molecule has 0 saturated carbocycles. The van der Waals surface area contributed by atoms with Gasteiger partial charge in [0.25, 0.3) is 0 Å². The number of hydrogen-bond acceptors (Lipinski definition) is 3. The molecule has 2 heterocycles. The second-order valence-electron chi connectivity index (χ2n) is 4.39. The fourth-order valence-electron chi connectivity index (χ4n) is 2.14. The van der Waals surface area contributed by atoms with Crippen LogP contribution in [0.25, 0.3) is 10.9 Å². The number of ketones is 1. The van der Waals surface area contributed by atoms with Gasteiger partial charge in [0, 0.05) is 34.6 Å². The van der Waals surface area contributed by atoms with Crippen LogP contribution in [0.2, 0.25) is 0 Å². The Bertz CT molecular complexity index is 760. The number of fused-ring (bicyclic) bond motifs is 1. The van der Waals surface area contributed by atoms with Gasteiger partial charge in [-0.2, -0.15) is 0 Å². The van der Waals surface area contributed by atoms with Crippen molar-refractivity contribution in [1.29, 1.82) is 0 Å². The summed E-state index contributed by atoms with van der Waals surface area (Å²) in [6.07, 6.45) is 3.39. The second kappa shape index (κ2) is 4.61. The first-order valence-electron chi connectivity index (χ1n) is 6.07. The van der Waals surface area contributed by atoms with Gasteiger partial charge in [0.15, 0.2) is 5.78 Å². The second-order valence-corrected chi connectivity index (χ2v) is 4.39. The molecule has 0 aliphatic heterocycles. The van der Waals surface area contributed by atoms with Crippen molar-refractivity contribution in [3.63, 3.8) is 0 Å². The summed E-state index contributed by atoms with van der Waals surface area (Å²) in [5, 5.41) is 0.879. The molecule has 19 heavy (non-hydrogen) atoms. The number of hydrogen-bond donors (Lipinski definition) is 0. The first kappa shape index (κ1) is 11.5. The third kappa shape index (κ3) is 2.10. The van der Waals surface area contributed by atoms with Crippen molar-refractivity contribution in [3.8, 4) is 0 Å². The van der Waals surface area contributed by atoms with E-state index in [1.54, 1.807) is 24.5 Å². The van der Waals surface area contributed by atoms with Gasteiger partial charge in [-0.3, -0.25) is 14.8 Å². The van der Waals surface area contributed by atoms with Crippen molar-refractivity contribution < 1.29 is 4.79 Å². The Morgan fingerprint density at radius 1 is 1.00 bits per heavy atom. The molecule has 0 unspecified atom stereocenters. The van der Waals surface area contributed by atoms with Crippen molar-refractivity contribution in [3.05, 3.63) is 71.7 Å². The van der Waals surface area contributed by atoms with Crippen LogP contribution in [0.1, 0.15) is 21.6 Å². The van der Waals surface area contributed by atoms with Gasteiger partial charge >= 0.3 is 0 Å². The monoisotopic (exact) mass is 248 g/mol. The molecular formula is C16H12N2O. The minimum absolute atomic E-state index is 0.00380. The van der Waals surface area contributed by atoms with Gasteiger partial charge in [-0.05, 0) is 31.2 Å². The van der Waals surface area contributed by atoms with E-state index < -0.39 is 0 Å². The van der Waals surface area contributed by atoms with Crippen LogP contribution < -0.4 is 0 Å². The van der Waals surface area contributed by atoms with Gasteiger partial charge in [0.05, 0.1) is 5.52 Å². The van der Waals surface area contributed by atoms with Gasteiger partial charge in [0.1, 0.15) is 0 Å². The number of pyridine rings is 2. The molecule has 0 atom stereocenters. The Morgan fingerprint density at radius 2 is 1.89 bits per heavy atom. The highest BCUT2D eigenvalue weighted by Gasteiger charge is 2.12. The van der Waals surface area contributed by atoms with Crippen LogP contribution in [0.15, 0.2) is 54.9 Å². The fourth-order valence-corrected chi connectivity index (χ4v) is 2.14. The zero-order chi connectivity index (χ0) is 13.2. The van der Waals surface area contributed by atoms with E-state index in [9.17, 15) is 4.79 Å². The lowest BCUT2D eigenvalue weighted by Crippen LogP contribution is -2.03. The molecule has 0 spiro atoms. The Balaban J connectivity index is 2.17. The summed E-state index contributed by atoms with van der Waals surface area (Å²) >= 11 is 0. The van der Waals surface area contributed by atoms with Crippen molar-refractivity contribution in [2.24, 2.45) is 0 Å². The molecular weight excluding hydrogens is 236 g/mol. The number of rotatable bonds is 2. The lowest BCUT2D eigenvalue weighted by atomic mass is 9.99. The molecule has 2 aromatic heterocycles. The Morgan fingerprint density at radius 3 is 2.74 bits per heavy atom. The predicted octanol–water partition coefficient (Wildman–Crippen LogP) is 3.17. The van der Waals surface area contributed by atoms with Crippen molar-refractivity contribution in [2.45, 2.75) is 6.92 Å². The van der Waals surface area contributed by atoms with Gasteiger partial charge in [-0.25, -0.2) is 0 Å². The molecule has 3 rings (SSSR count). The smallest absolute Gasteiger partial charge is 0.193 e. The molecule has 0 saturated heterocycles. The summed E-state index contributed by atoms with van der Waals surface area (Å²) < 4.78 is 0. The molecule has 0 aliphatic carbocycles. The van der Waals surface area contributed by atoms with Crippen molar-refractivity contribution in [1.82, 2.24) is 9.97 Å². The standard InChI is InChI=1S/C16H12N2O/c1-11-10-12(7-9-17-11)16(19)14-4-2-6-15-13(14)5-3-8-18-15/h2-10H,1H3. The van der Waals surface area contributed by atoms with Crippen LogP contribution in [-0.4, -0.2) is 15.8 Å². The van der Waals surface area contributed by atoms with Crippen LogP contribution in [0.5, 0.6) is 0 Å². The maximum absolute atomic E-state index is 12.6. The van der Waals surface area contributed by atoms with E-state index in [0.29, 0.717) is 11.1 Å². The van der Waals surface area contributed by atoms with Crippen LogP contribution in [0.4, 0.5) is 0 Å². The van der Waals surface area contributed by atoms with E-state index in [1.807, 2.05) is 37.3 Å². The highest BCUT2D eigenvalue weighted by molar-refractivity contribution is 6.15. The molecule has 0 N–H and O–H groups in total. The zero-order valence-corrected chi connectivity index (χ0v) is 10.5. The minimum atomic E-state index is 0.00380. The van der Waals surface area contributed by atoms with E-state index in [2.05, 4.69) is 9.97 Å². The average Bonchev–Trinajstić information content (AvgIpc) is 2.46. The van der Waals surface area contributed by atoms with Crippen LogP contribution in [-0.2, 0) is 0 Å². The predicted molar refractivity (Wildman–Crippen MR) is 74.1 cm³/mol. The molecule has 0 radical (unpaired) electrons. The van der Waals surface area contributed by atoms with Crippen LogP contribution >= 0.6 is 0 Å². The van der Waals surface area contributed by atoms with E-state index in [0.717, 1.165) is 16.6 Å². The number of nitrogens with zero attached hydrogens (tertiary/aromatic N) is 2. The fraction of sp³-hybridized carbons (Fsp3) is 0.0625. The number of carbonyl (C=O) groups is 1. The quantitative estimate of drug-likeness (QED) is 0.654. The first-order chi connectivity index (χ1) is 9.25. The van der Waals surface area contributed by atoms with Gasteiger partial charge in [0.2, 0.25) is 0 Å². The summed E-state index contributed by atoms with van der Waals surface area (Å²) in [5.74, 6) is 0.00380. The topological polar surface area (TPSA) is 42.9 Å². The molecule has 3 aromatic rings. The van der Waals surface area contributed by atoms with Gasteiger partial charge in [-0.15, -0.1) is 0 Å². The summed E-state index contributed by atoms with van der Waals surface area (Å²) in [6, 6.07) is 12.9. The first-order valence-corrected chi connectivity index (χ1v) is 6.07. The highest BCUT2D eigenvalue weighted by atomic mass is 16.1. The number of carbonyl (C=O) groups excluding carboxylic acids is 1. The lowest BCUT2D eigenvalue weighted by molar-refractivity contribution is 0.104. The SMILES string of the molecule is Cc1cc(C(=O)c2cccc3ncccc23)ccn1.